The molecule has 0 radical (unpaired) electrons. The maximum atomic E-state index is 13.9. The smallest absolute Gasteiger partial charge is 0.265 e. The molecule has 0 aliphatic carbocycles. The fourth-order valence-corrected chi connectivity index (χ4v) is 4.96. The molecule has 6 rings (SSSR count). The average Bonchev–Trinajstić information content (AvgIpc) is 3.40. The molecule has 0 N–H and O–H groups in total. The van der Waals surface area contributed by atoms with Crippen LogP contribution in [0.15, 0.2) is 47.3 Å². The molecule has 1 atom stereocenters. The van der Waals surface area contributed by atoms with E-state index < -0.39 is 0 Å². The Bertz CT molecular complexity index is 1590. The lowest BCUT2D eigenvalue weighted by atomic mass is 10.1. The Labute approximate surface area is 190 Å². The predicted molar refractivity (Wildman–Crippen MR) is 129 cm³/mol. The van der Waals surface area contributed by atoms with Gasteiger partial charge in [-0.25, -0.2) is 15.0 Å². The van der Waals surface area contributed by atoms with Crippen molar-refractivity contribution in [3.05, 3.63) is 69.8 Å². The van der Waals surface area contributed by atoms with Crippen LogP contribution in [-0.4, -0.2) is 36.8 Å². The van der Waals surface area contributed by atoms with Crippen molar-refractivity contribution >= 4 is 33.2 Å². The van der Waals surface area contributed by atoms with Gasteiger partial charge in [-0.05, 0) is 69.0 Å². The Morgan fingerprint density at radius 1 is 0.970 bits per heavy atom. The van der Waals surface area contributed by atoms with Crippen LogP contribution in [0.2, 0.25) is 0 Å². The van der Waals surface area contributed by atoms with Crippen LogP contribution in [0.5, 0.6) is 0 Å². The van der Waals surface area contributed by atoms with Crippen molar-refractivity contribution in [1.82, 2.24) is 24.1 Å². The molecular formula is C26H25N5O2. The van der Waals surface area contributed by atoms with Crippen LogP contribution in [0.25, 0.3) is 38.9 Å². The van der Waals surface area contributed by atoms with Gasteiger partial charge in [0.1, 0.15) is 16.7 Å². The SMILES string of the molecule is Cc1cc(C)cc(-n2c3nc4ccccc4nc3c3c(=O)n(C[C@@H]4CCCO4)c(C)nc32)c1. The third kappa shape index (κ3) is 3.23. The van der Waals surface area contributed by atoms with E-state index in [9.17, 15) is 4.79 Å². The van der Waals surface area contributed by atoms with E-state index in [4.69, 9.17) is 19.7 Å². The molecule has 7 nitrogen and oxygen atoms in total. The third-order valence-corrected chi connectivity index (χ3v) is 6.43. The summed E-state index contributed by atoms with van der Waals surface area (Å²) < 4.78 is 9.52. The Morgan fingerprint density at radius 2 is 1.70 bits per heavy atom. The van der Waals surface area contributed by atoms with Crippen molar-refractivity contribution in [3.8, 4) is 5.69 Å². The van der Waals surface area contributed by atoms with Crippen LogP contribution < -0.4 is 5.56 Å². The van der Waals surface area contributed by atoms with Crippen LogP contribution >= 0.6 is 0 Å². The second kappa shape index (κ2) is 7.49. The highest BCUT2D eigenvalue weighted by Crippen LogP contribution is 2.29. The molecule has 1 fully saturated rings. The lowest BCUT2D eigenvalue weighted by molar-refractivity contribution is 0.0955. The molecule has 1 aliphatic heterocycles. The van der Waals surface area contributed by atoms with Crippen molar-refractivity contribution in [2.75, 3.05) is 6.61 Å². The van der Waals surface area contributed by atoms with Gasteiger partial charge >= 0.3 is 0 Å². The van der Waals surface area contributed by atoms with Crippen molar-refractivity contribution in [2.24, 2.45) is 0 Å². The number of para-hydroxylation sites is 2. The first-order chi connectivity index (χ1) is 16.0. The van der Waals surface area contributed by atoms with E-state index in [1.54, 1.807) is 4.57 Å². The summed E-state index contributed by atoms with van der Waals surface area (Å²) in [5, 5.41) is 0.506. The first kappa shape index (κ1) is 20.1. The van der Waals surface area contributed by atoms with Gasteiger partial charge in [0, 0.05) is 12.3 Å². The van der Waals surface area contributed by atoms with E-state index in [2.05, 4.69) is 32.0 Å². The van der Waals surface area contributed by atoms with Crippen LogP contribution in [0.1, 0.15) is 29.8 Å². The molecule has 1 aliphatic rings. The molecule has 33 heavy (non-hydrogen) atoms. The molecular weight excluding hydrogens is 414 g/mol. The zero-order valence-electron chi connectivity index (χ0n) is 19.0. The van der Waals surface area contributed by atoms with Gasteiger partial charge in [-0.1, -0.05) is 18.2 Å². The zero-order valence-corrected chi connectivity index (χ0v) is 19.0. The average molecular weight is 440 g/mol. The predicted octanol–water partition coefficient (Wildman–Crippen LogP) is 4.39. The largest absolute Gasteiger partial charge is 0.376 e. The van der Waals surface area contributed by atoms with Gasteiger partial charge in [0.15, 0.2) is 11.3 Å². The van der Waals surface area contributed by atoms with Crippen LogP contribution in [0, 0.1) is 20.8 Å². The van der Waals surface area contributed by atoms with Crippen LogP contribution in [0.4, 0.5) is 0 Å². The fourth-order valence-electron chi connectivity index (χ4n) is 4.96. The molecule has 1 saturated heterocycles. The zero-order chi connectivity index (χ0) is 22.7. The Morgan fingerprint density at radius 3 is 2.39 bits per heavy atom. The number of benzene rings is 2. The van der Waals surface area contributed by atoms with E-state index >= 15 is 0 Å². The van der Waals surface area contributed by atoms with Gasteiger partial charge in [0.2, 0.25) is 0 Å². The lowest BCUT2D eigenvalue weighted by Gasteiger charge is -2.15. The third-order valence-electron chi connectivity index (χ3n) is 6.43. The summed E-state index contributed by atoms with van der Waals surface area (Å²) >= 11 is 0. The van der Waals surface area contributed by atoms with Gasteiger partial charge in [0.05, 0.1) is 23.7 Å². The van der Waals surface area contributed by atoms with Gasteiger partial charge < -0.3 is 4.74 Å². The summed E-state index contributed by atoms with van der Waals surface area (Å²) in [6.07, 6.45) is 2.02. The Hall–Kier alpha value is -3.58. The fraction of sp³-hybridized carbons (Fsp3) is 0.308. The first-order valence-electron chi connectivity index (χ1n) is 11.4. The standard InChI is InChI=1S/C26H25N5O2/c1-15-11-16(2)13-18(12-15)31-24-22(23-25(31)29-21-9-5-4-8-20(21)28-23)26(32)30(17(3)27-24)14-19-7-6-10-33-19/h4-5,8-9,11-13,19H,6-7,10,14H2,1-3H3/t19-/m0/s1. The number of aryl methyl sites for hydroxylation is 3. The van der Waals surface area contributed by atoms with Crippen molar-refractivity contribution in [1.29, 1.82) is 0 Å². The van der Waals surface area contributed by atoms with Crippen LogP contribution in [-0.2, 0) is 11.3 Å². The highest BCUT2D eigenvalue weighted by atomic mass is 16.5. The summed E-state index contributed by atoms with van der Waals surface area (Å²) in [5.41, 5.74) is 6.48. The van der Waals surface area contributed by atoms with Gasteiger partial charge in [0.25, 0.3) is 5.56 Å². The van der Waals surface area contributed by atoms with E-state index in [0.29, 0.717) is 34.6 Å². The van der Waals surface area contributed by atoms with Crippen molar-refractivity contribution in [2.45, 2.75) is 46.3 Å². The molecule has 166 valence electrons. The first-order valence-corrected chi connectivity index (χ1v) is 11.4. The number of nitrogens with zero attached hydrogens (tertiary/aromatic N) is 5. The molecule has 0 bridgehead atoms. The van der Waals surface area contributed by atoms with Gasteiger partial charge in [-0.15, -0.1) is 0 Å². The lowest BCUT2D eigenvalue weighted by Crippen LogP contribution is -2.29. The summed E-state index contributed by atoms with van der Waals surface area (Å²) in [7, 11) is 0. The molecule has 0 unspecified atom stereocenters. The highest BCUT2D eigenvalue weighted by Gasteiger charge is 2.24. The molecule has 3 aromatic heterocycles. The summed E-state index contributed by atoms with van der Waals surface area (Å²) in [5.74, 6) is 0.668. The Kier molecular flexibility index (Phi) is 4.55. The van der Waals surface area contributed by atoms with Gasteiger partial charge in [-0.2, -0.15) is 0 Å². The minimum Gasteiger partial charge on any atom is -0.376 e. The van der Waals surface area contributed by atoms with Crippen molar-refractivity contribution < 1.29 is 4.74 Å². The summed E-state index contributed by atoms with van der Waals surface area (Å²) in [6, 6.07) is 14.1. The maximum Gasteiger partial charge on any atom is 0.265 e. The second-order valence-electron chi connectivity index (χ2n) is 8.97. The topological polar surface area (TPSA) is 74.8 Å². The second-order valence-corrected chi connectivity index (χ2v) is 8.97. The molecule has 0 saturated carbocycles. The molecule has 0 amide bonds. The molecule has 0 spiro atoms. The van der Waals surface area contributed by atoms with E-state index in [-0.39, 0.29) is 11.7 Å². The van der Waals surface area contributed by atoms with E-state index in [0.717, 1.165) is 47.3 Å². The number of fused-ring (bicyclic) bond motifs is 4. The van der Waals surface area contributed by atoms with Crippen molar-refractivity contribution in [3.63, 3.8) is 0 Å². The quantitative estimate of drug-likeness (QED) is 0.417. The minimum absolute atomic E-state index is 0.0420. The number of aromatic nitrogens is 5. The highest BCUT2D eigenvalue weighted by molar-refractivity contribution is 6.05. The summed E-state index contributed by atoms with van der Waals surface area (Å²) in [6.45, 7) is 7.27. The number of rotatable bonds is 3. The number of hydrogen-bond donors (Lipinski definition) is 0. The summed E-state index contributed by atoms with van der Waals surface area (Å²) in [4.78, 5) is 28.6. The maximum absolute atomic E-state index is 13.9. The van der Waals surface area contributed by atoms with E-state index in [1.165, 1.54) is 0 Å². The van der Waals surface area contributed by atoms with E-state index in [1.807, 2.05) is 35.8 Å². The molecule has 7 heteroatoms. The van der Waals surface area contributed by atoms with Crippen LogP contribution in [0.3, 0.4) is 0 Å². The Balaban J connectivity index is 1.73. The molecule has 2 aromatic carbocycles. The number of ether oxygens (including phenoxy) is 1. The monoisotopic (exact) mass is 439 g/mol. The molecule has 5 aromatic rings. The van der Waals surface area contributed by atoms with Gasteiger partial charge in [-0.3, -0.25) is 13.9 Å². The number of hydrogen-bond acceptors (Lipinski definition) is 5. The normalized spacial score (nSPS) is 16.4. The molecule has 4 heterocycles. The minimum atomic E-state index is -0.0919.